The summed E-state index contributed by atoms with van der Waals surface area (Å²) in [4.78, 5) is 0. The Morgan fingerprint density at radius 1 is 1.23 bits per heavy atom. The molecule has 0 aliphatic heterocycles. The summed E-state index contributed by atoms with van der Waals surface area (Å²) in [5.74, 6) is 0. The van der Waals surface area contributed by atoms with E-state index in [1.165, 1.54) is 12.8 Å². The second-order valence-electron chi connectivity index (χ2n) is 3.50. The molecule has 13 heavy (non-hydrogen) atoms. The third-order valence-electron chi connectivity index (χ3n) is 2.34. The topological polar surface area (TPSA) is 6.48 Å². The fourth-order valence-corrected chi connectivity index (χ4v) is 1.35. The van der Waals surface area contributed by atoms with Gasteiger partial charge >= 0.3 is 0 Å². The van der Waals surface area contributed by atoms with Crippen LogP contribution in [0.1, 0.15) is 33.6 Å². The molecular weight excluding hydrogens is 160 g/mol. The van der Waals surface area contributed by atoms with Crippen molar-refractivity contribution in [2.75, 3.05) is 20.1 Å². The lowest BCUT2D eigenvalue weighted by atomic mass is 10.3. The van der Waals surface area contributed by atoms with E-state index in [9.17, 15) is 0 Å². The van der Waals surface area contributed by atoms with Crippen LogP contribution in [-0.4, -0.2) is 36.2 Å². The molecule has 0 heterocycles. The Hall–Kier alpha value is -0.340. The molecule has 0 amide bonds. The fourth-order valence-electron chi connectivity index (χ4n) is 1.35. The molecule has 1 atom stereocenters. The van der Waals surface area contributed by atoms with Crippen LogP contribution in [0, 0.1) is 0 Å². The Balaban J connectivity index is 4.08. The molecule has 0 fully saturated rings. The minimum Gasteiger partial charge on any atom is -0.242 e. The standard InChI is InChI=1S/C11H24N2/c1-6-9-13(10-7-2)12(5)11(4)8-3/h8,11H,3,6-7,9-10H2,1-2,4-5H3. The van der Waals surface area contributed by atoms with E-state index in [1.807, 2.05) is 6.08 Å². The van der Waals surface area contributed by atoms with Gasteiger partial charge in [0.05, 0.1) is 0 Å². The molecule has 0 bridgehead atoms. The molecule has 0 aromatic carbocycles. The number of hydrogen-bond acceptors (Lipinski definition) is 2. The maximum absolute atomic E-state index is 3.82. The van der Waals surface area contributed by atoms with Crippen LogP contribution in [0.3, 0.4) is 0 Å². The van der Waals surface area contributed by atoms with E-state index in [2.05, 4.69) is 44.4 Å². The van der Waals surface area contributed by atoms with E-state index in [1.54, 1.807) is 0 Å². The smallest absolute Gasteiger partial charge is 0.0391 e. The normalized spacial score (nSPS) is 13.7. The molecule has 0 N–H and O–H groups in total. The van der Waals surface area contributed by atoms with Crippen molar-refractivity contribution in [2.24, 2.45) is 0 Å². The Bertz CT molecular complexity index is 128. The van der Waals surface area contributed by atoms with Crippen LogP contribution < -0.4 is 0 Å². The summed E-state index contributed by atoms with van der Waals surface area (Å²) in [7, 11) is 2.14. The zero-order valence-electron chi connectivity index (χ0n) is 9.58. The first-order chi connectivity index (χ1) is 6.17. The van der Waals surface area contributed by atoms with E-state index >= 15 is 0 Å². The summed E-state index contributed by atoms with van der Waals surface area (Å²) < 4.78 is 0. The highest BCUT2D eigenvalue weighted by Gasteiger charge is 2.12. The van der Waals surface area contributed by atoms with Crippen molar-refractivity contribution < 1.29 is 0 Å². The van der Waals surface area contributed by atoms with Gasteiger partial charge in [-0.2, -0.15) is 0 Å². The van der Waals surface area contributed by atoms with Gasteiger partial charge in [-0.15, -0.1) is 6.58 Å². The molecule has 0 aromatic rings. The monoisotopic (exact) mass is 184 g/mol. The van der Waals surface area contributed by atoms with Gasteiger partial charge in [-0.1, -0.05) is 19.9 Å². The zero-order chi connectivity index (χ0) is 10.3. The summed E-state index contributed by atoms with van der Waals surface area (Å²) in [6.07, 6.45) is 4.39. The van der Waals surface area contributed by atoms with Crippen molar-refractivity contribution in [3.63, 3.8) is 0 Å². The minimum absolute atomic E-state index is 0.429. The van der Waals surface area contributed by atoms with Gasteiger partial charge in [0.2, 0.25) is 0 Å². The summed E-state index contributed by atoms with van der Waals surface area (Å²) in [5, 5.41) is 4.67. The van der Waals surface area contributed by atoms with Gasteiger partial charge in [0, 0.05) is 26.2 Å². The molecule has 2 nitrogen and oxygen atoms in total. The molecule has 0 spiro atoms. The zero-order valence-corrected chi connectivity index (χ0v) is 9.58. The molecule has 1 unspecified atom stereocenters. The minimum atomic E-state index is 0.429. The number of hydrogen-bond donors (Lipinski definition) is 0. The van der Waals surface area contributed by atoms with Crippen molar-refractivity contribution >= 4 is 0 Å². The van der Waals surface area contributed by atoms with Crippen LogP contribution in [0.25, 0.3) is 0 Å². The van der Waals surface area contributed by atoms with Crippen LogP contribution in [0.15, 0.2) is 12.7 Å². The van der Waals surface area contributed by atoms with Gasteiger partial charge in [-0.25, -0.2) is 10.0 Å². The number of hydrazine groups is 1. The quantitative estimate of drug-likeness (QED) is 0.443. The van der Waals surface area contributed by atoms with Crippen LogP contribution >= 0.6 is 0 Å². The van der Waals surface area contributed by atoms with Crippen LogP contribution in [0.2, 0.25) is 0 Å². The first-order valence-electron chi connectivity index (χ1n) is 5.27. The Morgan fingerprint density at radius 2 is 1.69 bits per heavy atom. The highest BCUT2D eigenvalue weighted by Crippen LogP contribution is 2.04. The molecule has 0 radical (unpaired) electrons. The first-order valence-corrected chi connectivity index (χ1v) is 5.27. The number of likely N-dealkylation sites (N-methyl/N-ethyl adjacent to an activating group) is 1. The fraction of sp³-hybridized carbons (Fsp3) is 0.818. The molecule has 0 aromatic heterocycles. The first kappa shape index (κ1) is 12.7. The van der Waals surface area contributed by atoms with Crippen molar-refractivity contribution in [3.05, 3.63) is 12.7 Å². The molecule has 0 aliphatic rings. The van der Waals surface area contributed by atoms with Crippen LogP contribution in [-0.2, 0) is 0 Å². The van der Waals surface area contributed by atoms with Gasteiger partial charge in [-0.05, 0) is 19.8 Å². The Morgan fingerprint density at radius 3 is 2.00 bits per heavy atom. The highest BCUT2D eigenvalue weighted by molar-refractivity contribution is 4.81. The van der Waals surface area contributed by atoms with E-state index in [0.29, 0.717) is 6.04 Å². The summed E-state index contributed by atoms with van der Waals surface area (Å²) in [5.41, 5.74) is 0. The number of rotatable bonds is 7. The maximum atomic E-state index is 3.82. The second-order valence-corrected chi connectivity index (χ2v) is 3.50. The predicted octanol–water partition coefficient (Wildman–Crippen LogP) is 2.53. The molecular formula is C11H24N2. The summed E-state index contributed by atoms with van der Waals surface area (Å²) in [6.45, 7) is 12.7. The van der Waals surface area contributed by atoms with Gasteiger partial charge in [0.1, 0.15) is 0 Å². The SMILES string of the molecule is C=CC(C)N(C)N(CCC)CCC. The summed E-state index contributed by atoms with van der Waals surface area (Å²) >= 11 is 0. The maximum Gasteiger partial charge on any atom is 0.0391 e. The highest BCUT2D eigenvalue weighted by atomic mass is 15.6. The van der Waals surface area contributed by atoms with Crippen molar-refractivity contribution in [1.29, 1.82) is 0 Å². The molecule has 0 aliphatic carbocycles. The van der Waals surface area contributed by atoms with Crippen molar-refractivity contribution in [2.45, 2.75) is 39.7 Å². The van der Waals surface area contributed by atoms with Crippen LogP contribution in [0.4, 0.5) is 0 Å². The van der Waals surface area contributed by atoms with Gasteiger partial charge in [0.15, 0.2) is 0 Å². The third kappa shape index (κ3) is 4.44. The van der Waals surface area contributed by atoms with E-state index in [-0.39, 0.29) is 0 Å². The van der Waals surface area contributed by atoms with Gasteiger partial charge in [0.25, 0.3) is 0 Å². The number of nitrogens with zero attached hydrogens (tertiary/aromatic N) is 2. The van der Waals surface area contributed by atoms with E-state index in [0.717, 1.165) is 13.1 Å². The lowest BCUT2D eigenvalue weighted by Gasteiger charge is -2.34. The van der Waals surface area contributed by atoms with Crippen molar-refractivity contribution in [3.8, 4) is 0 Å². The molecule has 0 rings (SSSR count). The summed E-state index contributed by atoms with van der Waals surface area (Å²) in [6, 6.07) is 0.429. The average molecular weight is 184 g/mol. The Labute approximate surface area is 83.2 Å². The predicted molar refractivity (Wildman–Crippen MR) is 59.6 cm³/mol. The molecule has 78 valence electrons. The van der Waals surface area contributed by atoms with E-state index in [4.69, 9.17) is 0 Å². The lowest BCUT2D eigenvalue weighted by Crippen LogP contribution is -2.45. The lowest BCUT2D eigenvalue weighted by molar-refractivity contribution is -0.0177. The molecule has 0 saturated heterocycles. The van der Waals surface area contributed by atoms with Gasteiger partial charge in [-0.3, -0.25) is 0 Å². The van der Waals surface area contributed by atoms with E-state index < -0.39 is 0 Å². The average Bonchev–Trinajstić information content (AvgIpc) is 2.15. The second kappa shape index (κ2) is 7.10. The Kier molecular flexibility index (Phi) is 6.92. The molecule has 0 saturated carbocycles. The van der Waals surface area contributed by atoms with Crippen LogP contribution in [0.5, 0.6) is 0 Å². The third-order valence-corrected chi connectivity index (χ3v) is 2.34. The van der Waals surface area contributed by atoms with Gasteiger partial charge < -0.3 is 0 Å². The molecule has 2 heteroatoms. The van der Waals surface area contributed by atoms with Crippen molar-refractivity contribution in [1.82, 2.24) is 10.0 Å². The largest absolute Gasteiger partial charge is 0.242 e.